The van der Waals surface area contributed by atoms with Crippen LogP contribution in [0.3, 0.4) is 0 Å². The van der Waals surface area contributed by atoms with Crippen LogP contribution < -0.4 is 10.6 Å². The lowest BCUT2D eigenvalue weighted by Crippen LogP contribution is -2.26. The fourth-order valence-electron chi connectivity index (χ4n) is 3.13. The summed E-state index contributed by atoms with van der Waals surface area (Å²) in [5, 5.41) is 0. The van der Waals surface area contributed by atoms with E-state index in [0.29, 0.717) is 6.54 Å². The van der Waals surface area contributed by atoms with E-state index in [9.17, 15) is 0 Å². The number of imidazole rings is 1. The highest BCUT2D eigenvalue weighted by atomic mass is 15.2. The molecule has 1 aliphatic heterocycles. The summed E-state index contributed by atoms with van der Waals surface area (Å²) in [5.41, 5.74) is 8.09. The zero-order valence-electron chi connectivity index (χ0n) is 12.3. The number of pyridine rings is 1. The fourth-order valence-corrected chi connectivity index (χ4v) is 3.13. The van der Waals surface area contributed by atoms with Crippen LogP contribution in [0.25, 0.3) is 5.65 Å². The Kier molecular flexibility index (Phi) is 3.92. The van der Waals surface area contributed by atoms with Crippen molar-refractivity contribution in [1.29, 1.82) is 0 Å². The van der Waals surface area contributed by atoms with Crippen LogP contribution in [0.5, 0.6) is 0 Å². The molecule has 0 amide bonds. The summed E-state index contributed by atoms with van der Waals surface area (Å²) < 4.78 is 2.19. The first-order valence-electron chi connectivity index (χ1n) is 7.70. The number of aromatic nitrogens is 2. The van der Waals surface area contributed by atoms with Gasteiger partial charge in [0.2, 0.25) is 0 Å². The van der Waals surface area contributed by atoms with Gasteiger partial charge in [-0.05, 0) is 43.9 Å². The summed E-state index contributed by atoms with van der Waals surface area (Å²) in [6.45, 7) is 5.25. The van der Waals surface area contributed by atoms with Crippen molar-refractivity contribution >= 4 is 11.5 Å². The first-order valence-corrected chi connectivity index (χ1v) is 7.70. The molecule has 0 spiro atoms. The zero-order chi connectivity index (χ0) is 13.9. The van der Waals surface area contributed by atoms with Crippen LogP contribution in [-0.2, 0) is 6.42 Å². The lowest BCUT2D eigenvalue weighted by Gasteiger charge is -2.21. The molecule has 0 radical (unpaired) electrons. The molecular formula is C16H24N4. The van der Waals surface area contributed by atoms with E-state index in [1.807, 2.05) is 6.07 Å². The molecule has 1 unspecified atom stereocenters. The molecular weight excluding hydrogens is 248 g/mol. The van der Waals surface area contributed by atoms with Gasteiger partial charge in [-0.15, -0.1) is 0 Å². The van der Waals surface area contributed by atoms with E-state index in [-0.39, 0.29) is 0 Å². The Labute approximate surface area is 120 Å². The van der Waals surface area contributed by atoms with E-state index in [1.165, 1.54) is 25.0 Å². The largest absolute Gasteiger partial charge is 0.355 e. The molecule has 108 valence electrons. The quantitative estimate of drug-likeness (QED) is 0.933. The van der Waals surface area contributed by atoms with Gasteiger partial charge in [-0.25, -0.2) is 4.98 Å². The molecule has 2 aromatic heterocycles. The predicted octanol–water partition coefficient (Wildman–Crippen LogP) is 2.46. The first kappa shape index (κ1) is 13.4. The Bertz CT molecular complexity index is 575. The van der Waals surface area contributed by atoms with Crippen LogP contribution in [0, 0.1) is 5.92 Å². The normalized spacial score (nSPS) is 20.3. The van der Waals surface area contributed by atoms with Crippen LogP contribution in [0.2, 0.25) is 0 Å². The summed E-state index contributed by atoms with van der Waals surface area (Å²) >= 11 is 0. The van der Waals surface area contributed by atoms with Crippen molar-refractivity contribution in [3.63, 3.8) is 0 Å². The Morgan fingerprint density at radius 3 is 3.05 bits per heavy atom. The summed E-state index contributed by atoms with van der Waals surface area (Å²) in [4.78, 5) is 7.31. The summed E-state index contributed by atoms with van der Waals surface area (Å²) in [6, 6.07) is 6.18. The SMILES string of the molecule is CC1CCCN(c2nc3ccccn3c2CCN)CC1. The van der Waals surface area contributed by atoms with E-state index >= 15 is 0 Å². The fraction of sp³-hybridized carbons (Fsp3) is 0.562. The first-order chi connectivity index (χ1) is 9.79. The number of rotatable bonds is 3. The predicted molar refractivity (Wildman–Crippen MR) is 83.2 cm³/mol. The standard InChI is InChI=1S/C16H24N4/c1-13-5-4-10-19(12-8-13)16-14(7-9-17)20-11-3-2-6-15(20)18-16/h2-3,6,11,13H,4-5,7-10,12,17H2,1H3. The van der Waals surface area contributed by atoms with Gasteiger partial charge in [0.25, 0.3) is 0 Å². The van der Waals surface area contributed by atoms with E-state index < -0.39 is 0 Å². The molecule has 0 saturated carbocycles. The van der Waals surface area contributed by atoms with Gasteiger partial charge in [-0.1, -0.05) is 13.0 Å². The van der Waals surface area contributed by atoms with Gasteiger partial charge >= 0.3 is 0 Å². The molecule has 1 fully saturated rings. The Morgan fingerprint density at radius 1 is 1.30 bits per heavy atom. The van der Waals surface area contributed by atoms with E-state index in [0.717, 1.165) is 36.9 Å². The Balaban J connectivity index is 1.98. The topological polar surface area (TPSA) is 46.6 Å². The highest BCUT2D eigenvalue weighted by Gasteiger charge is 2.20. The third kappa shape index (κ3) is 2.52. The molecule has 1 aliphatic rings. The van der Waals surface area contributed by atoms with Gasteiger partial charge in [-0.3, -0.25) is 0 Å². The molecule has 20 heavy (non-hydrogen) atoms. The minimum Gasteiger partial charge on any atom is -0.355 e. The second-order valence-corrected chi connectivity index (χ2v) is 5.87. The summed E-state index contributed by atoms with van der Waals surface area (Å²) in [7, 11) is 0. The molecule has 1 saturated heterocycles. The van der Waals surface area contributed by atoms with Gasteiger partial charge in [-0.2, -0.15) is 0 Å². The molecule has 0 aromatic carbocycles. The molecule has 3 heterocycles. The van der Waals surface area contributed by atoms with Gasteiger partial charge < -0.3 is 15.0 Å². The van der Waals surface area contributed by atoms with Crippen LogP contribution in [0.1, 0.15) is 31.9 Å². The summed E-state index contributed by atoms with van der Waals surface area (Å²) in [5.74, 6) is 1.98. The maximum atomic E-state index is 5.80. The second-order valence-electron chi connectivity index (χ2n) is 5.87. The molecule has 0 aliphatic carbocycles. The molecule has 1 atom stereocenters. The lowest BCUT2D eigenvalue weighted by molar-refractivity contribution is 0.521. The van der Waals surface area contributed by atoms with Gasteiger partial charge in [0.15, 0.2) is 5.82 Å². The van der Waals surface area contributed by atoms with Gasteiger partial charge in [0.05, 0.1) is 5.69 Å². The average molecular weight is 272 g/mol. The average Bonchev–Trinajstić information content (AvgIpc) is 2.67. The Morgan fingerprint density at radius 2 is 2.20 bits per heavy atom. The molecule has 0 bridgehead atoms. The van der Waals surface area contributed by atoms with Gasteiger partial charge in [0.1, 0.15) is 5.65 Å². The van der Waals surface area contributed by atoms with Crippen LogP contribution in [-0.4, -0.2) is 29.0 Å². The van der Waals surface area contributed by atoms with Crippen molar-refractivity contribution < 1.29 is 0 Å². The number of fused-ring (bicyclic) bond motifs is 1. The lowest BCUT2D eigenvalue weighted by atomic mass is 10.0. The summed E-state index contributed by atoms with van der Waals surface area (Å²) in [6.07, 6.45) is 6.83. The van der Waals surface area contributed by atoms with Crippen molar-refractivity contribution in [2.24, 2.45) is 11.7 Å². The molecule has 4 nitrogen and oxygen atoms in total. The third-order valence-corrected chi connectivity index (χ3v) is 4.31. The maximum Gasteiger partial charge on any atom is 0.151 e. The van der Waals surface area contributed by atoms with E-state index in [2.05, 4.69) is 34.6 Å². The highest BCUT2D eigenvalue weighted by molar-refractivity contribution is 5.56. The van der Waals surface area contributed by atoms with Gasteiger partial charge in [0, 0.05) is 25.7 Å². The molecule has 2 aromatic rings. The third-order valence-electron chi connectivity index (χ3n) is 4.31. The van der Waals surface area contributed by atoms with Crippen LogP contribution in [0.15, 0.2) is 24.4 Å². The monoisotopic (exact) mass is 272 g/mol. The highest BCUT2D eigenvalue weighted by Crippen LogP contribution is 2.26. The zero-order valence-corrected chi connectivity index (χ0v) is 12.3. The number of nitrogens with zero attached hydrogens (tertiary/aromatic N) is 3. The molecule has 4 heteroatoms. The van der Waals surface area contributed by atoms with Crippen molar-refractivity contribution in [2.75, 3.05) is 24.5 Å². The van der Waals surface area contributed by atoms with Crippen LogP contribution in [0.4, 0.5) is 5.82 Å². The van der Waals surface area contributed by atoms with Crippen molar-refractivity contribution in [3.05, 3.63) is 30.1 Å². The number of anilines is 1. The van der Waals surface area contributed by atoms with E-state index in [1.54, 1.807) is 0 Å². The smallest absolute Gasteiger partial charge is 0.151 e. The minimum absolute atomic E-state index is 0.667. The number of hydrogen-bond acceptors (Lipinski definition) is 3. The van der Waals surface area contributed by atoms with Crippen molar-refractivity contribution in [2.45, 2.75) is 32.6 Å². The number of nitrogens with two attached hydrogens (primary N) is 1. The minimum atomic E-state index is 0.667. The molecule has 3 rings (SSSR count). The molecule has 2 N–H and O–H groups in total. The van der Waals surface area contributed by atoms with Crippen molar-refractivity contribution in [1.82, 2.24) is 9.38 Å². The Hall–Kier alpha value is -1.55. The second kappa shape index (κ2) is 5.83. The maximum absolute atomic E-state index is 5.80. The number of hydrogen-bond donors (Lipinski definition) is 1. The van der Waals surface area contributed by atoms with E-state index in [4.69, 9.17) is 10.7 Å². The van der Waals surface area contributed by atoms with Crippen LogP contribution >= 0.6 is 0 Å². The van der Waals surface area contributed by atoms with Crippen molar-refractivity contribution in [3.8, 4) is 0 Å².